The Morgan fingerprint density at radius 1 is 1.00 bits per heavy atom. The van der Waals surface area contributed by atoms with Gasteiger partial charge in [-0.2, -0.15) is 0 Å². The zero-order valence-electron chi connectivity index (χ0n) is 17.2. The summed E-state index contributed by atoms with van der Waals surface area (Å²) >= 11 is 1.66. The van der Waals surface area contributed by atoms with Crippen molar-refractivity contribution in [1.29, 1.82) is 0 Å². The molecule has 2 amide bonds. The van der Waals surface area contributed by atoms with Crippen molar-refractivity contribution in [2.45, 2.75) is 26.3 Å². The molecule has 0 fully saturated rings. The molecule has 0 aliphatic carbocycles. The molecule has 3 aromatic rings. The number of benzene rings is 2. The number of hydrogen-bond donors (Lipinski definition) is 3. The van der Waals surface area contributed by atoms with E-state index in [0.717, 1.165) is 16.9 Å². The lowest BCUT2D eigenvalue weighted by molar-refractivity contribution is -0.115. The summed E-state index contributed by atoms with van der Waals surface area (Å²) in [6.45, 7) is 4.59. The number of primary amides is 1. The maximum absolute atomic E-state index is 12.5. The summed E-state index contributed by atoms with van der Waals surface area (Å²) in [5.41, 5.74) is 8.72. The molecule has 1 atom stereocenters. The zero-order chi connectivity index (χ0) is 21.5. The molecule has 0 saturated carbocycles. The first-order valence-electron chi connectivity index (χ1n) is 9.97. The van der Waals surface area contributed by atoms with Gasteiger partial charge in [-0.05, 0) is 59.2 Å². The van der Waals surface area contributed by atoms with Crippen molar-refractivity contribution in [3.63, 3.8) is 0 Å². The normalized spacial score (nSPS) is 12.0. The van der Waals surface area contributed by atoms with Gasteiger partial charge in [0.1, 0.15) is 0 Å². The van der Waals surface area contributed by atoms with Gasteiger partial charge in [0.05, 0.1) is 12.6 Å². The van der Waals surface area contributed by atoms with E-state index in [2.05, 4.69) is 54.8 Å². The van der Waals surface area contributed by atoms with E-state index in [0.29, 0.717) is 17.2 Å². The maximum atomic E-state index is 12.5. The van der Waals surface area contributed by atoms with E-state index in [1.165, 1.54) is 5.56 Å². The molecule has 0 aliphatic heterocycles. The second-order valence-corrected chi connectivity index (χ2v) is 8.64. The summed E-state index contributed by atoms with van der Waals surface area (Å²) in [6.07, 6.45) is 1.05. The average molecular weight is 422 g/mol. The molecular formula is C24H27N3O2S. The molecule has 156 valence electrons. The van der Waals surface area contributed by atoms with Crippen LogP contribution in [0.5, 0.6) is 0 Å². The second-order valence-electron chi connectivity index (χ2n) is 7.66. The Kier molecular flexibility index (Phi) is 7.38. The first-order chi connectivity index (χ1) is 14.4. The van der Waals surface area contributed by atoms with Crippen LogP contribution in [0, 0.1) is 5.92 Å². The Morgan fingerprint density at radius 2 is 1.70 bits per heavy atom. The van der Waals surface area contributed by atoms with Crippen LogP contribution in [0.4, 0.5) is 5.69 Å². The van der Waals surface area contributed by atoms with Crippen molar-refractivity contribution in [3.8, 4) is 0 Å². The van der Waals surface area contributed by atoms with Crippen molar-refractivity contribution in [1.82, 2.24) is 5.32 Å². The van der Waals surface area contributed by atoms with Gasteiger partial charge >= 0.3 is 0 Å². The fourth-order valence-corrected chi connectivity index (χ4v) is 4.10. The zero-order valence-corrected chi connectivity index (χ0v) is 18.0. The largest absolute Gasteiger partial charge is 0.366 e. The number of nitrogens with one attached hydrogen (secondary N) is 2. The molecule has 2 aromatic carbocycles. The molecule has 1 heterocycles. The van der Waals surface area contributed by atoms with Gasteiger partial charge in [0.2, 0.25) is 11.8 Å². The van der Waals surface area contributed by atoms with Crippen LogP contribution >= 0.6 is 11.3 Å². The predicted octanol–water partition coefficient (Wildman–Crippen LogP) is 4.36. The molecule has 4 N–H and O–H groups in total. The Balaban J connectivity index is 1.65. The standard InChI is InChI=1S/C24H27N3O2S/c1-16(2)14-17-5-7-18(8-6-17)23(21-4-3-13-30-21)26-15-22(28)27-20-11-9-19(10-12-20)24(25)29/h3-13,16,23,26H,14-15H2,1-2H3,(H2,25,29)(H,27,28)/t23-/m1/s1. The number of carbonyl (C=O) groups excluding carboxylic acids is 2. The third kappa shape index (κ3) is 6.02. The number of hydrogen-bond acceptors (Lipinski definition) is 4. The molecule has 0 spiro atoms. The van der Waals surface area contributed by atoms with Gasteiger partial charge in [-0.3, -0.25) is 14.9 Å². The van der Waals surface area contributed by atoms with Crippen LogP contribution in [0.2, 0.25) is 0 Å². The van der Waals surface area contributed by atoms with Crippen molar-refractivity contribution >= 4 is 28.8 Å². The highest BCUT2D eigenvalue weighted by molar-refractivity contribution is 7.10. The molecule has 0 radical (unpaired) electrons. The summed E-state index contributed by atoms with van der Waals surface area (Å²) in [5.74, 6) is -0.0321. The number of amides is 2. The molecular weight excluding hydrogens is 394 g/mol. The minimum absolute atomic E-state index is 0.0545. The second kappa shape index (κ2) is 10.2. The quantitative estimate of drug-likeness (QED) is 0.480. The number of thiophene rings is 1. The monoisotopic (exact) mass is 421 g/mol. The van der Waals surface area contributed by atoms with E-state index in [4.69, 9.17) is 5.73 Å². The fraction of sp³-hybridized carbons (Fsp3) is 0.250. The summed E-state index contributed by atoms with van der Waals surface area (Å²) in [5, 5.41) is 8.25. The first-order valence-corrected chi connectivity index (χ1v) is 10.9. The lowest BCUT2D eigenvalue weighted by atomic mass is 9.99. The molecule has 0 aliphatic rings. The Labute approximate surface area is 181 Å². The van der Waals surface area contributed by atoms with Crippen molar-refractivity contribution in [3.05, 3.63) is 87.6 Å². The van der Waals surface area contributed by atoms with Crippen LogP contribution in [0.1, 0.15) is 46.3 Å². The third-order valence-electron chi connectivity index (χ3n) is 4.70. The molecule has 30 heavy (non-hydrogen) atoms. The molecule has 1 aromatic heterocycles. The van der Waals surface area contributed by atoms with Crippen molar-refractivity contribution in [2.75, 3.05) is 11.9 Å². The van der Waals surface area contributed by atoms with E-state index >= 15 is 0 Å². The van der Waals surface area contributed by atoms with Crippen LogP contribution in [-0.2, 0) is 11.2 Å². The van der Waals surface area contributed by atoms with Gasteiger partial charge < -0.3 is 11.1 Å². The predicted molar refractivity (Wildman–Crippen MR) is 123 cm³/mol. The van der Waals surface area contributed by atoms with E-state index in [9.17, 15) is 9.59 Å². The van der Waals surface area contributed by atoms with Crippen LogP contribution in [0.15, 0.2) is 66.0 Å². The summed E-state index contributed by atoms with van der Waals surface area (Å²) < 4.78 is 0. The highest BCUT2D eigenvalue weighted by Crippen LogP contribution is 2.26. The molecule has 3 rings (SSSR count). The van der Waals surface area contributed by atoms with Crippen LogP contribution in [0.3, 0.4) is 0 Å². The Morgan fingerprint density at radius 3 is 2.27 bits per heavy atom. The first kappa shape index (κ1) is 21.7. The number of rotatable bonds is 9. The Bertz CT molecular complexity index is 965. The van der Waals surface area contributed by atoms with Gasteiger partial charge in [-0.1, -0.05) is 44.2 Å². The van der Waals surface area contributed by atoms with Crippen LogP contribution in [0.25, 0.3) is 0 Å². The lowest BCUT2D eigenvalue weighted by Crippen LogP contribution is -2.31. The smallest absolute Gasteiger partial charge is 0.248 e. The van der Waals surface area contributed by atoms with E-state index in [-0.39, 0.29) is 18.5 Å². The van der Waals surface area contributed by atoms with Crippen LogP contribution in [-0.4, -0.2) is 18.4 Å². The summed E-state index contributed by atoms with van der Waals surface area (Å²) in [4.78, 5) is 24.8. The van der Waals surface area contributed by atoms with E-state index in [1.807, 2.05) is 11.4 Å². The van der Waals surface area contributed by atoms with Crippen molar-refractivity contribution in [2.24, 2.45) is 11.7 Å². The van der Waals surface area contributed by atoms with Gasteiger partial charge in [0.25, 0.3) is 0 Å². The molecule has 0 saturated heterocycles. The molecule has 0 unspecified atom stereocenters. The van der Waals surface area contributed by atoms with E-state index in [1.54, 1.807) is 35.6 Å². The minimum atomic E-state index is -0.493. The van der Waals surface area contributed by atoms with Gasteiger partial charge in [-0.15, -0.1) is 11.3 Å². The van der Waals surface area contributed by atoms with Crippen LogP contribution < -0.4 is 16.4 Å². The highest BCUT2D eigenvalue weighted by atomic mass is 32.1. The average Bonchev–Trinajstić information content (AvgIpc) is 3.24. The summed E-state index contributed by atoms with van der Waals surface area (Å²) in [7, 11) is 0. The number of carbonyl (C=O) groups is 2. The van der Waals surface area contributed by atoms with Crippen molar-refractivity contribution < 1.29 is 9.59 Å². The van der Waals surface area contributed by atoms with Gasteiger partial charge in [-0.25, -0.2) is 0 Å². The Hall–Kier alpha value is -2.96. The molecule has 5 nitrogen and oxygen atoms in total. The highest BCUT2D eigenvalue weighted by Gasteiger charge is 2.16. The summed E-state index contributed by atoms with van der Waals surface area (Å²) in [6, 6.07) is 19.2. The fourth-order valence-electron chi connectivity index (χ4n) is 3.27. The number of anilines is 1. The lowest BCUT2D eigenvalue weighted by Gasteiger charge is -2.19. The maximum Gasteiger partial charge on any atom is 0.248 e. The minimum Gasteiger partial charge on any atom is -0.366 e. The van der Waals surface area contributed by atoms with Gasteiger partial charge in [0.15, 0.2) is 0 Å². The third-order valence-corrected chi connectivity index (χ3v) is 5.64. The van der Waals surface area contributed by atoms with Gasteiger partial charge in [0, 0.05) is 16.1 Å². The number of nitrogens with two attached hydrogens (primary N) is 1. The SMILES string of the molecule is CC(C)Cc1ccc([C@@H](NCC(=O)Nc2ccc(C(N)=O)cc2)c2cccs2)cc1. The molecule has 6 heteroatoms. The topological polar surface area (TPSA) is 84.2 Å². The molecule has 0 bridgehead atoms. The van der Waals surface area contributed by atoms with E-state index < -0.39 is 5.91 Å².